The van der Waals surface area contributed by atoms with E-state index in [-0.39, 0.29) is 17.9 Å². The summed E-state index contributed by atoms with van der Waals surface area (Å²) in [5.74, 6) is 0.277. The zero-order valence-corrected chi connectivity index (χ0v) is 13.2. The molecule has 3 rings (SSSR count). The predicted octanol–water partition coefficient (Wildman–Crippen LogP) is 2.44. The van der Waals surface area contributed by atoms with Crippen molar-refractivity contribution in [3.8, 4) is 5.75 Å². The third-order valence-corrected chi connectivity index (χ3v) is 3.63. The maximum Gasteiger partial charge on any atom is 0.265 e. The summed E-state index contributed by atoms with van der Waals surface area (Å²) in [6, 6.07) is 5.22. The van der Waals surface area contributed by atoms with Gasteiger partial charge in [-0.25, -0.2) is 4.98 Å². The van der Waals surface area contributed by atoms with Crippen LogP contribution in [0.4, 0.5) is 11.6 Å². The number of hydrogen-bond donors (Lipinski definition) is 2. The summed E-state index contributed by atoms with van der Waals surface area (Å²) in [6.45, 7) is 5.64. The van der Waals surface area contributed by atoms with E-state index in [1.165, 1.54) is 0 Å². The molecule has 7 nitrogen and oxygen atoms in total. The monoisotopic (exact) mass is 314 g/mol. The molecule has 1 unspecified atom stereocenters. The number of ether oxygens (including phenoxy) is 1. The molecule has 120 valence electrons. The Labute approximate surface area is 133 Å². The number of fused-ring (bicyclic) bond motifs is 1. The third kappa shape index (κ3) is 2.77. The predicted molar refractivity (Wildman–Crippen MR) is 85.7 cm³/mol. The number of nitrogens with zero attached hydrogens (tertiary/aromatic N) is 2. The Kier molecular flexibility index (Phi) is 3.77. The van der Waals surface area contributed by atoms with E-state index in [2.05, 4.69) is 15.6 Å². The number of anilines is 2. The summed E-state index contributed by atoms with van der Waals surface area (Å²) >= 11 is 0. The van der Waals surface area contributed by atoms with E-state index in [0.717, 1.165) is 0 Å². The molecule has 0 radical (unpaired) electrons. The van der Waals surface area contributed by atoms with Crippen molar-refractivity contribution in [2.45, 2.75) is 32.9 Å². The summed E-state index contributed by atoms with van der Waals surface area (Å²) < 4.78 is 7.45. The van der Waals surface area contributed by atoms with E-state index >= 15 is 0 Å². The first-order valence-corrected chi connectivity index (χ1v) is 7.42. The molecule has 23 heavy (non-hydrogen) atoms. The fourth-order valence-corrected chi connectivity index (χ4v) is 2.40. The van der Waals surface area contributed by atoms with Crippen molar-refractivity contribution >= 4 is 23.5 Å². The fraction of sp³-hybridized carbons (Fsp3) is 0.312. The molecular weight excluding hydrogens is 296 g/mol. The molecular formula is C16H18N4O3. The number of nitrogens with one attached hydrogen (secondary N) is 2. The lowest BCUT2D eigenvalue weighted by atomic mass is 10.1. The number of benzene rings is 1. The highest BCUT2D eigenvalue weighted by molar-refractivity contribution is 6.08. The van der Waals surface area contributed by atoms with Gasteiger partial charge < -0.3 is 14.6 Å². The number of aromatic nitrogens is 2. The van der Waals surface area contributed by atoms with Crippen LogP contribution in [0.3, 0.4) is 0 Å². The number of carbonyl (C=O) groups is 2. The second-order valence-electron chi connectivity index (χ2n) is 5.64. The van der Waals surface area contributed by atoms with Crippen molar-refractivity contribution in [2.24, 2.45) is 0 Å². The van der Waals surface area contributed by atoms with Gasteiger partial charge in [0.1, 0.15) is 0 Å². The zero-order valence-electron chi connectivity index (χ0n) is 13.2. The van der Waals surface area contributed by atoms with Crippen molar-refractivity contribution in [2.75, 3.05) is 10.6 Å². The van der Waals surface area contributed by atoms with E-state index in [1.807, 2.05) is 18.4 Å². The number of amides is 2. The molecule has 1 aromatic carbocycles. The van der Waals surface area contributed by atoms with Gasteiger partial charge in [0.05, 0.1) is 11.3 Å². The molecule has 0 aliphatic carbocycles. The van der Waals surface area contributed by atoms with Crippen LogP contribution in [0, 0.1) is 0 Å². The van der Waals surface area contributed by atoms with Crippen LogP contribution < -0.4 is 15.4 Å². The minimum Gasteiger partial charge on any atom is -0.478 e. The minimum absolute atomic E-state index is 0.174. The SMILES string of the molecule is CC1Oc2c(cccc2C(=O)Nc2nccn2C(C)C)NC1=O. The van der Waals surface area contributed by atoms with Gasteiger partial charge in [0.2, 0.25) is 5.95 Å². The maximum absolute atomic E-state index is 12.6. The summed E-state index contributed by atoms with van der Waals surface area (Å²) in [6.07, 6.45) is 2.79. The second-order valence-corrected chi connectivity index (χ2v) is 5.64. The van der Waals surface area contributed by atoms with Crippen LogP contribution in [0.25, 0.3) is 0 Å². The van der Waals surface area contributed by atoms with Crippen molar-refractivity contribution in [3.63, 3.8) is 0 Å². The lowest BCUT2D eigenvalue weighted by Gasteiger charge is -2.25. The van der Waals surface area contributed by atoms with Crippen LogP contribution in [-0.4, -0.2) is 27.5 Å². The Hall–Kier alpha value is -2.83. The Balaban J connectivity index is 1.90. The van der Waals surface area contributed by atoms with Crippen molar-refractivity contribution < 1.29 is 14.3 Å². The molecule has 0 saturated carbocycles. The topological polar surface area (TPSA) is 85.2 Å². The third-order valence-electron chi connectivity index (χ3n) is 3.63. The molecule has 0 spiro atoms. The summed E-state index contributed by atoms with van der Waals surface area (Å²) in [5, 5.41) is 5.51. The first-order chi connectivity index (χ1) is 11.0. The molecule has 1 aliphatic rings. The van der Waals surface area contributed by atoms with E-state index in [4.69, 9.17) is 4.74 Å². The highest BCUT2D eigenvalue weighted by atomic mass is 16.5. The average Bonchev–Trinajstić information content (AvgIpc) is 2.96. The van der Waals surface area contributed by atoms with Gasteiger partial charge >= 0.3 is 0 Å². The van der Waals surface area contributed by atoms with E-state index in [9.17, 15) is 9.59 Å². The number of imidazole rings is 1. The van der Waals surface area contributed by atoms with Gasteiger partial charge in [0.15, 0.2) is 11.9 Å². The molecule has 7 heteroatoms. The molecule has 1 aromatic heterocycles. The van der Waals surface area contributed by atoms with Crippen LogP contribution >= 0.6 is 0 Å². The number of carbonyl (C=O) groups excluding carboxylic acids is 2. The minimum atomic E-state index is -0.644. The Morgan fingerprint density at radius 2 is 2.22 bits per heavy atom. The molecule has 2 N–H and O–H groups in total. The standard InChI is InChI=1S/C16H18N4O3/c1-9(2)20-8-7-17-16(20)19-15(22)11-5-4-6-12-13(11)23-10(3)14(21)18-12/h4-10H,1-3H3,(H,18,21)(H,17,19,22). The molecule has 2 heterocycles. The van der Waals surface area contributed by atoms with Gasteiger partial charge in [-0.05, 0) is 32.9 Å². The number of hydrogen-bond acceptors (Lipinski definition) is 4. The number of rotatable bonds is 3. The summed E-state index contributed by atoms with van der Waals surface area (Å²) in [5.41, 5.74) is 0.848. The van der Waals surface area contributed by atoms with E-state index in [1.54, 1.807) is 37.5 Å². The molecule has 1 atom stereocenters. The largest absolute Gasteiger partial charge is 0.478 e. The second kappa shape index (κ2) is 5.75. The molecule has 0 saturated heterocycles. The quantitative estimate of drug-likeness (QED) is 0.911. The summed E-state index contributed by atoms with van der Waals surface area (Å²) in [4.78, 5) is 28.4. The van der Waals surface area contributed by atoms with Crippen LogP contribution in [-0.2, 0) is 4.79 Å². The lowest BCUT2D eigenvalue weighted by molar-refractivity contribution is -0.122. The average molecular weight is 314 g/mol. The Bertz CT molecular complexity index is 766. The Morgan fingerprint density at radius 1 is 1.43 bits per heavy atom. The van der Waals surface area contributed by atoms with Crippen molar-refractivity contribution in [1.82, 2.24) is 9.55 Å². The van der Waals surface area contributed by atoms with Crippen LogP contribution in [0.15, 0.2) is 30.6 Å². The number of para-hydroxylation sites is 1. The molecule has 0 bridgehead atoms. The van der Waals surface area contributed by atoms with E-state index in [0.29, 0.717) is 22.9 Å². The molecule has 2 aromatic rings. The fourth-order valence-electron chi connectivity index (χ4n) is 2.40. The Morgan fingerprint density at radius 3 is 2.96 bits per heavy atom. The normalized spacial score (nSPS) is 16.5. The summed E-state index contributed by atoms with van der Waals surface area (Å²) in [7, 11) is 0. The maximum atomic E-state index is 12.6. The van der Waals surface area contributed by atoms with Crippen molar-refractivity contribution in [1.29, 1.82) is 0 Å². The first kappa shape index (κ1) is 15.1. The van der Waals surface area contributed by atoms with Gasteiger partial charge in [0.25, 0.3) is 11.8 Å². The van der Waals surface area contributed by atoms with Crippen LogP contribution in [0.1, 0.15) is 37.2 Å². The van der Waals surface area contributed by atoms with Crippen LogP contribution in [0.2, 0.25) is 0 Å². The lowest BCUT2D eigenvalue weighted by Crippen LogP contribution is -2.35. The van der Waals surface area contributed by atoms with Gasteiger partial charge in [-0.2, -0.15) is 0 Å². The highest BCUT2D eigenvalue weighted by Crippen LogP contribution is 2.33. The van der Waals surface area contributed by atoms with Gasteiger partial charge in [-0.3, -0.25) is 14.9 Å². The van der Waals surface area contributed by atoms with Gasteiger partial charge in [0, 0.05) is 18.4 Å². The van der Waals surface area contributed by atoms with Gasteiger partial charge in [-0.1, -0.05) is 6.07 Å². The highest BCUT2D eigenvalue weighted by Gasteiger charge is 2.28. The van der Waals surface area contributed by atoms with Crippen molar-refractivity contribution in [3.05, 3.63) is 36.2 Å². The molecule has 2 amide bonds. The molecule has 1 aliphatic heterocycles. The smallest absolute Gasteiger partial charge is 0.265 e. The zero-order chi connectivity index (χ0) is 16.6. The van der Waals surface area contributed by atoms with Crippen LogP contribution in [0.5, 0.6) is 5.75 Å². The molecule has 0 fully saturated rings. The van der Waals surface area contributed by atoms with Gasteiger partial charge in [-0.15, -0.1) is 0 Å². The first-order valence-electron chi connectivity index (χ1n) is 7.42. The van der Waals surface area contributed by atoms with E-state index < -0.39 is 6.10 Å².